The fraction of sp³-hybridized carbons (Fsp3) is 0.278. The third-order valence-corrected chi connectivity index (χ3v) is 3.87. The van der Waals surface area contributed by atoms with Gasteiger partial charge in [-0.3, -0.25) is 4.79 Å². The molecule has 3 N–H and O–H groups in total. The average Bonchev–Trinajstić information content (AvgIpc) is 2.57. The highest BCUT2D eigenvalue weighted by molar-refractivity contribution is 6.30. The van der Waals surface area contributed by atoms with Gasteiger partial charge in [0.15, 0.2) is 0 Å². The van der Waals surface area contributed by atoms with Crippen molar-refractivity contribution in [1.29, 1.82) is 0 Å². The van der Waals surface area contributed by atoms with Crippen LogP contribution in [-0.2, 0) is 4.79 Å². The molecule has 0 aromatic heterocycles. The molecule has 0 bridgehead atoms. The maximum Gasteiger partial charge on any atom is 0.229 e. The normalized spacial score (nSPS) is 12.7. The second kappa shape index (κ2) is 9.52. The summed E-state index contributed by atoms with van der Waals surface area (Å²) in [4.78, 5) is 12.5. The van der Waals surface area contributed by atoms with Crippen LogP contribution in [0.1, 0.15) is 25.5 Å². The van der Waals surface area contributed by atoms with Crippen LogP contribution in [0.4, 0.5) is 5.69 Å². The number of hydrogen-bond donors (Lipinski definition) is 2. The Balaban J connectivity index is 0.00000288. The summed E-state index contributed by atoms with van der Waals surface area (Å²) in [7, 11) is 0. The lowest BCUT2D eigenvalue weighted by molar-refractivity contribution is -0.120. The topological polar surface area (TPSA) is 64.3 Å². The van der Waals surface area contributed by atoms with Crippen LogP contribution in [-0.4, -0.2) is 12.5 Å². The number of carbonyl (C=O) groups is 1. The Bertz CT molecular complexity index is 665. The molecule has 1 amide bonds. The number of amides is 1. The fourth-order valence-corrected chi connectivity index (χ4v) is 2.41. The lowest BCUT2D eigenvalue weighted by Gasteiger charge is -2.20. The third kappa shape index (κ3) is 5.13. The van der Waals surface area contributed by atoms with E-state index in [1.807, 2.05) is 44.2 Å². The van der Waals surface area contributed by atoms with Gasteiger partial charge in [0, 0.05) is 17.1 Å². The molecule has 0 aliphatic carbocycles. The molecule has 6 heteroatoms. The molecular weight excluding hydrogens is 347 g/mol. The second-order valence-electron chi connectivity index (χ2n) is 5.29. The number of anilines is 1. The predicted molar refractivity (Wildman–Crippen MR) is 101 cm³/mol. The first-order valence-electron chi connectivity index (χ1n) is 7.56. The summed E-state index contributed by atoms with van der Waals surface area (Å²) >= 11 is 5.97. The quantitative estimate of drug-likeness (QED) is 0.792. The summed E-state index contributed by atoms with van der Waals surface area (Å²) in [5.74, 6) is 0.000940. The van der Waals surface area contributed by atoms with E-state index in [4.69, 9.17) is 22.1 Å². The Morgan fingerprint density at radius 1 is 1.25 bits per heavy atom. The van der Waals surface area contributed by atoms with Gasteiger partial charge in [-0.15, -0.1) is 12.4 Å². The number of rotatable bonds is 6. The van der Waals surface area contributed by atoms with Crippen molar-refractivity contribution in [3.05, 3.63) is 59.1 Å². The predicted octanol–water partition coefficient (Wildman–Crippen LogP) is 4.44. The lowest BCUT2D eigenvalue weighted by atomic mass is 9.94. The van der Waals surface area contributed by atoms with E-state index in [1.54, 1.807) is 18.2 Å². The minimum atomic E-state index is -0.387. The molecule has 130 valence electrons. The van der Waals surface area contributed by atoms with Gasteiger partial charge in [-0.1, -0.05) is 48.9 Å². The van der Waals surface area contributed by atoms with Crippen LogP contribution in [0.3, 0.4) is 0 Å². The first-order valence-corrected chi connectivity index (χ1v) is 7.94. The van der Waals surface area contributed by atoms with Crippen LogP contribution in [0.2, 0.25) is 5.02 Å². The molecule has 0 aliphatic heterocycles. The minimum Gasteiger partial charge on any atom is -0.492 e. The number of nitrogens with one attached hydrogen (secondary N) is 1. The number of ether oxygens (including phenoxy) is 1. The van der Waals surface area contributed by atoms with Crippen LogP contribution in [0.15, 0.2) is 48.5 Å². The highest BCUT2D eigenvalue weighted by Gasteiger charge is 2.23. The lowest BCUT2D eigenvalue weighted by Crippen LogP contribution is -2.30. The molecule has 2 aromatic carbocycles. The van der Waals surface area contributed by atoms with Crippen LogP contribution in [0.25, 0.3) is 0 Å². The van der Waals surface area contributed by atoms with Crippen molar-refractivity contribution in [3.8, 4) is 5.75 Å². The maximum atomic E-state index is 12.5. The molecule has 2 atom stereocenters. The summed E-state index contributed by atoms with van der Waals surface area (Å²) in [5.41, 5.74) is 7.72. The van der Waals surface area contributed by atoms with Gasteiger partial charge < -0.3 is 15.8 Å². The van der Waals surface area contributed by atoms with Crippen molar-refractivity contribution in [2.24, 2.45) is 11.7 Å². The van der Waals surface area contributed by atoms with Gasteiger partial charge >= 0.3 is 0 Å². The molecule has 0 saturated heterocycles. The molecule has 0 heterocycles. The summed E-state index contributed by atoms with van der Waals surface area (Å²) in [6, 6.07) is 14.3. The van der Waals surface area contributed by atoms with Gasteiger partial charge in [0.1, 0.15) is 5.75 Å². The summed E-state index contributed by atoms with van der Waals surface area (Å²) in [5, 5.41) is 3.43. The standard InChI is InChI=1S/C18H21ClN2O2.ClH/c1-3-23-16-11-14(19)9-10-15(16)21-18(22)12(2)17(20)13-7-5-4-6-8-13;/h4-12,17H,3,20H2,1-2H3,(H,21,22);1H. The Morgan fingerprint density at radius 3 is 2.54 bits per heavy atom. The van der Waals surface area contributed by atoms with Gasteiger partial charge in [0.25, 0.3) is 0 Å². The molecule has 0 aliphatic rings. The molecule has 4 nitrogen and oxygen atoms in total. The van der Waals surface area contributed by atoms with Crippen molar-refractivity contribution >= 4 is 35.6 Å². The van der Waals surface area contributed by atoms with Gasteiger partial charge in [0.2, 0.25) is 5.91 Å². The zero-order valence-electron chi connectivity index (χ0n) is 13.7. The Morgan fingerprint density at radius 2 is 1.92 bits per heavy atom. The molecular formula is C18H22Cl2N2O2. The van der Waals surface area contributed by atoms with Crippen molar-refractivity contribution in [2.75, 3.05) is 11.9 Å². The number of hydrogen-bond acceptors (Lipinski definition) is 3. The Labute approximate surface area is 153 Å². The van der Waals surface area contributed by atoms with E-state index in [-0.39, 0.29) is 30.3 Å². The van der Waals surface area contributed by atoms with Crippen molar-refractivity contribution in [3.63, 3.8) is 0 Å². The fourth-order valence-electron chi connectivity index (χ4n) is 2.25. The highest BCUT2D eigenvalue weighted by Crippen LogP contribution is 2.29. The molecule has 0 saturated carbocycles. The van der Waals surface area contributed by atoms with Gasteiger partial charge in [-0.05, 0) is 24.6 Å². The Kier molecular flexibility index (Phi) is 8.05. The van der Waals surface area contributed by atoms with E-state index >= 15 is 0 Å². The number of nitrogens with two attached hydrogens (primary N) is 1. The molecule has 0 fully saturated rings. The zero-order chi connectivity index (χ0) is 16.8. The first-order chi connectivity index (χ1) is 11.0. The van der Waals surface area contributed by atoms with Crippen LogP contribution in [0.5, 0.6) is 5.75 Å². The number of halogens is 2. The smallest absolute Gasteiger partial charge is 0.229 e. The summed E-state index contributed by atoms with van der Waals surface area (Å²) in [6.45, 7) is 4.17. The maximum absolute atomic E-state index is 12.5. The van der Waals surface area contributed by atoms with E-state index < -0.39 is 0 Å². The number of benzene rings is 2. The van der Waals surface area contributed by atoms with E-state index in [0.717, 1.165) is 5.56 Å². The molecule has 2 unspecified atom stereocenters. The van der Waals surface area contributed by atoms with Gasteiger partial charge in [-0.25, -0.2) is 0 Å². The van der Waals surface area contributed by atoms with E-state index in [1.165, 1.54) is 0 Å². The van der Waals surface area contributed by atoms with Crippen LogP contribution in [0, 0.1) is 5.92 Å². The molecule has 2 aromatic rings. The second-order valence-corrected chi connectivity index (χ2v) is 5.72. The van der Waals surface area contributed by atoms with Gasteiger partial charge in [-0.2, -0.15) is 0 Å². The molecule has 0 spiro atoms. The van der Waals surface area contributed by atoms with Crippen molar-refractivity contribution in [1.82, 2.24) is 0 Å². The van der Waals surface area contributed by atoms with Crippen LogP contribution < -0.4 is 15.8 Å². The highest BCUT2D eigenvalue weighted by atomic mass is 35.5. The van der Waals surface area contributed by atoms with E-state index in [9.17, 15) is 4.79 Å². The van der Waals surface area contributed by atoms with Crippen molar-refractivity contribution < 1.29 is 9.53 Å². The summed E-state index contributed by atoms with van der Waals surface area (Å²) in [6.07, 6.45) is 0. The first kappa shape index (κ1) is 20.3. The molecule has 2 rings (SSSR count). The largest absolute Gasteiger partial charge is 0.492 e. The Hall–Kier alpha value is -1.75. The minimum absolute atomic E-state index is 0. The monoisotopic (exact) mass is 368 g/mol. The SMILES string of the molecule is CCOc1cc(Cl)ccc1NC(=O)C(C)C(N)c1ccccc1.Cl. The van der Waals surface area contributed by atoms with E-state index in [2.05, 4.69) is 5.32 Å². The van der Waals surface area contributed by atoms with Crippen molar-refractivity contribution in [2.45, 2.75) is 19.9 Å². The van der Waals surface area contributed by atoms with Crippen LogP contribution >= 0.6 is 24.0 Å². The molecule has 0 radical (unpaired) electrons. The van der Waals surface area contributed by atoms with E-state index in [0.29, 0.717) is 23.1 Å². The van der Waals surface area contributed by atoms with Gasteiger partial charge in [0.05, 0.1) is 18.2 Å². The summed E-state index contributed by atoms with van der Waals surface area (Å²) < 4.78 is 5.51. The average molecular weight is 369 g/mol. The number of carbonyl (C=O) groups excluding carboxylic acids is 1. The third-order valence-electron chi connectivity index (χ3n) is 3.64. The molecule has 24 heavy (non-hydrogen) atoms. The zero-order valence-corrected chi connectivity index (χ0v) is 15.2.